The molecule has 3 aromatic heterocycles. The van der Waals surface area contributed by atoms with Gasteiger partial charge in [0.25, 0.3) is 0 Å². The number of carbonyl (C=O) groups excluding carboxylic acids is 1. The fraction of sp³-hybridized carbons (Fsp3) is 0.273. The maximum absolute atomic E-state index is 12.6. The molecule has 1 aliphatic rings. The Hall–Kier alpha value is -3.48. The minimum absolute atomic E-state index is 0.0149. The molecule has 0 aliphatic carbocycles. The van der Waals surface area contributed by atoms with Gasteiger partial charge in [-0.15, -0.1) is 0 Å². The quantitative estimate of drug-likeness (QED) is 0.578. The third-order valence-electron chi connectivity index (χ3n) is 5.52. The van der Waals surface area contributed by atoms with E-state index in [4.69, 9.17) is 4.42 Å². The fourth-order valence-corrected chi connectivity index (χ4v) is 3.92. The van der Waals surface area contributed by atoms with Gasteiger partial charge in [-0.1, -0.05) is 12.1 Å². The topological polar surface area (TPSA) is 84.2 Å². The number of fused-ring (bicyclic) bond motifs is 3. The van der Waals surface area contributed by atoms with Gasteiger partial charge in [-0.25, -0.2) is 9.97 Å². The molecule has 1 saturated heterocycles. The van der Waals surface area contributed by atoms with Crippen molar-refractivity contribution < 1.29 is 9.21 Å². The van der Waals surface area contributed by atoms with Crippen molar-refractivity contribution in [2.45, 2.75) is 19.4 Å². The Morgan fingerprint density at radius 3 is 2.72 bits per heavy atom. The normalized spacial score (nSPS) is 15.1. The first-order chi connectivity index (χ1) is 14.3. The summed E-state index contributed by atoms with van der Waals surface area (Å²) in [7, 11) is 0. The zero-order valence-corrected chi connectivity index (χ0v) is 15.9. The van der Waals surface area contributed by atoms with Crippen LogP contribution in [0.5, 0.6) is 0 Å². The van der Waals surface area contributed by atoms with E-state index in [1.54, 1.807) is 18.7 Å². The van der Waals surface area contributed by atoms with E-state index in [2.05, 4.69) is 25.2 Å². The lowest BCUT2D eigenvalue weighted by Crippen LogP contribution is -2.40. The van der Waals surface area contributed by atoms with E-state index in [0.29, 0.717) is 12.1 Å². The van der Waals surface area contributed by atoms with Gasteiger partial charge in [-0.3, -0.25) is 9.78 Å². The molecule has 0 saturated carbocycles. The predicted octanol–water partition coefficient (Wildman–Crippen LogP) is 3.30. The number of anilines is 1. The first kappa shape index (κ1) is 17.6. The summed E-state index contributed by atoms with van der Waals surface area (Å²) in [4.78, 5) is 27.7. The minimum Gasteiger partial charge on any atom is -0.450 e. The monoisotopic (exact) mass is 387 g/mol. The zero-order chi connectivity index (χ0) is 19.6. The molecule has 29 heavy (non-hydrogen) atoms. The largest absolute Gasteiger partial charge is 0.450 e. The molecular weight excluding hydrogens is 366 g/mol. The van der Waals surface area contributed by atoms with Crippen molar-refractivity contribution in [2.75, 3.05) is 18.0 Å². The van der Waals surface area contributed by atoms with Crippen LogP contribution in [0.4, 0.5) is 5.82 Å². The lowest BCUT2D eigenvalue weighted by atomic mass is 9.95. The second kappa shape index (κ2) is 7.50. The molecule has 7 nitrogen and oxygen atoms in total. The van der Waals surface area contributed by atoms with E-state index in [9.17, 15) is 4.79 Å². The van der Waals surface area contributed by atoms with Crippen molar-refractivity contribution in [1.29, 1.82) is 0 Å². The van der Waals surface area contributed by atoms with Gasteiger partial charge in [0.05, 0.1) is 0 Å². The van der Waals surface area contributed by atoms with Gasteiger partial charge in [0.2, 0.25) is 5.91 Å². The molecule has 4 heterocycles. The molecule has 4 aromatic rings. The molecule has 0 radical (unpaired) electrons. The van der Waals surface area contributed by atoms with Crippen LogP contribution in [0, 0.1) is 5.92 Å². The molecular formula is C22H21N5O2. The summed E-state index contributed by atoms with van der Waals surface area (Å²) in [6.45, 7) is 2.06. The second-order valence-electron chi connectivity index (χ2n) is 7.31. The summed E-state index contributed by atoms with van der Waals surface area (Å²) in [5.41, 5.74) is 3.42. The second-order valence-corrected chi connectivity index (χ2v) is 7.31. The number of amides is 1. The third kappa shape index (κ3) is 3.40. The molecule has 0 atom stereocenters. The van der Waals surface area contributed by atoms with Gasteiger partial charge in [0.1, 0.15) is 17.4 Å². The predicted molar refractivity (Wildman–Crippen MR) is 110 cm³/mol. The molecule has 7 heteroatoms. The number of pyridine rings is 1. The first-order valence-corrected chi connectivity index (χ1v) is 9.83. The van der Waals surface area contributed by atoms with Gasteiger partial charge in [0, 0.05) is 43.3 Å². The lowest BCUT2D eigenvalue weighted by molar-refractivity contribution is -0.125. The van der Waals surface area contributed by atoms with Crippen LogP contribution in [0.25, 0.3) is 22.1 Å². The Morgan fingerprint density at radius 2 is 1.90 bits per heavy atom. The third-order valence-corrected chi connectivity index (χ3v) is 5.52. The molecule has 5 rings (SSSR count). The van der Waals surface area contributed by atoms with Crippen LogP contribution in [-0.4, -0.2) is 33.9 Å². The molecule has 146 valence electrons. The van der Waals surface area contributed by atoms with Crippen molar-refractivity contribution in [3.63, 3.8) is 0 Å². The molecule has 1 amide bonds. The number of para-hydroxylation sites is 1. The number of rotatable bonds is 4. The van der Waals surface area contributed by atoms with Crippen LogP contribution < -0.4 is 10.2 Å². The average molecular weight is 387 g/mol. The Morgan fingerprint density at radius 1 is 1.10 bits per heavy atom. The Bertz CT molecular complexity index is 1150. The standard InChI is InChI=1S/C22H21N5O2/c28-22(24-13-15-5-9-23-10-6-15)16-7-11-27(12-8-16)21-20-19(25-14-26-21)17-3-1-2-4-18(17)29-20/h1-6,9-10,14,16H,7-8,11-13H2,(H,24,28). The van der Waals surface area contributed by atoms with Crippen LogP contribution in [0.1, 0.15) is 18.4 Å². The SMILES string of the molecule is O=C(NCc1ccncc1)C1CCN(c2ncnc3c2oc2ccccc23)CC1. The number of carbonyl (C=O) groups is 1. The van der Waals surface area contributed by atoms with Gasteiger partial charge in [-0.2, -0.15) is 0 Å². The van der Waals surface area contributed by atoms with Crippen LogP contribution in [0.2, 0.25) is 0 Å². The van der Waals surface area contributed by atoms with E-state index in [1.165, 1.54) is 0 Å². The number of furan rings is 1. The summed E-state index contributed by atoms with van der Waals surface area (Å²) >= 11 is 0. The highest BCUT2D eigenvalue weighted by molar-refractivity contribution is 6.05. The molecule has 1 fully saturated rings. The van der Waals surface area contributed by atoms with Crippen molar-refractivity contribution >= 4 is 33.8 Å². The highest BCUT2D eigenvalue weighted by Crippen LogP contribution is 2.33. The molecule has 1 N–H and O–H groups in total. The van der Waals surface area contributed by atoms with E-state index in [-0.39, 0.29) is 11.8 Å². The van der Waals surface area contributed by atoms with Crippen LogP contribution in [0.15, 0.2) is 59.5 Å². The Kier molecular flexibility index (Phi) is 4.56. The van der Waals surface area contributed by atoms with Gasteiger partial charge in [-0.05, 0) is 42.7 Å². The maximum atomic E-state index is 12.6. The minimum atomic E-state index is 0.0149. The van der Waals surface area contributed by atoms with E-state index >= 15 is 0 Å². The number of piperidine rings is 1. The highest BCUT2D eigenvalue weighted by atomic mass is 16.3. The van der Waals surface area contributed by atoms with Crippen LogP contribution in [-0.2, 0) is 11.3 Å². The number of benzene rings is 1. The summed E-state index contributed by atoms with van der Waals surface area (Å²) in [5.74, 6) is 0.931. The number of aromatic nitrogens is 3. The number of hydrogen-bond donors (Lipinski definition) is 1. The summed E-state index contributed by atoms with van der Waals surface area (Å²) in [6, 6.07) is 11.7. The number of hydrogen-bond acceptors (Lipinski definition) is 6. The Balaban J connectivity index is 1.28. The van der Waals surface area contributed by atoms with E-state index in [1.807, 2.05) is 36.4 Å². The first-order valence-electron chi connectivity index (χ1n) is 9.83. The Labute approximate surface area is 167 Å². The van der Waals surface area contributed by atoms with Crippen molar-refractivity contribution in [3.8, 4) is 0 Å². The zero-order valence-electron chi connectivity index (χ0n) is 15.9. The van der Waals surface area contributed by atoms with Gasteiger partial charge < -0.3 is 14.6 Å². The van der Waals surface area contributed by atoms with Gasteiger partial charge in [0.15, 0.2) is 11.4 Å². The highest BCUT2D eigenvalue weighted by Gasteiger charge is 2.27. The molecule has 0 bridgehead atoms. The smallest absolute Gasteiger partial charge is 0.223 e. The number of nitrogens with zero attached hydrogens (tertiary/aromatic N) is 4. The summed E-state index contributed by atoms with van der Waals surface area (Å²) < 4.78 is 6.05. The number of nitrogens with one attached hydrogen (secondary N) is 1. The molecule has 1 aromatic carbocycles. The lowest BCUT2D eigenvalue weighted by Gasteiger charge is -2.31. The van der Waals surface area contributed by atoms with E-state index < -0.39 is 0 Å². The van der Waals surface area contributed by atoms with E-state index in [0.717, 1.165) is 53.8 Å². The van der Waals surface area contributed by atoms with Crippen molar-refractivity contribution in [1.82, 2.24) is 20.3 Å². The fourth-order valence-electron chi connectivity index (χ4n) is 3.92. The van der Waals surface area contributed by atoms with Crippen LogP contribution in [0.3, 0.4) is 0 Å². The van der Waals surface area contributed by atoms with Crippen molar-refractivity contribution in [2.24, 2.45) is 5.92 Å². The molecule has 0 spiro atoms. The molecule has 0 unspecified atom stereocenters. The molecule has 1 aliphatic heterocycles. The average Bonchev–Trinajstić information content (AvgIpc) is 3.17. The van der Waals surface area contributed by atoms with Gasteiger partial charge >= 0.3 is 0 Å². The maximum Gasteiger partial charge on any atom is 0.223 e. The summed E-state index contributed by atoms with van der Waals surface area (Å²) in [6.07, 6.45) is 6.63. The summed E-state index contributed by atoms with van der Waals surface area (Å²) in [5, 5.41) is 4.04. The van der Waals surface area contributed by atoms with Crippen LogP contribution >= 0.6 is 0 Å². The van der Waals surface area contributed by atoms with Crippen molar-refractivity contribution in [3.05, 3.63) is 60.7 Å².